The lowest BCUT2D eigenvalue weighted by Gasteiger charge is -2.27. The summed E-state index contributed by atoms with van der Waals surface area (Å²) in [7, 11) is 0. The molecule has 1 heterocycles. The molecule has 27 heavy (non-hydrogen) atoms. The van der Waals surface area contributed by atoms with Gasteiger partial charge in [-0.2, -0.15) is 5.10 Å². The van der Waals surface area contributed by atoms with Gasteiger partial charge in [-0.25, -0.2) is 0 Å². The summed E-state index contributed by atoms with van der Waals surface area (Å²) in [6.45, 7) is 0. The van der Waals surface area contributed by atoms with Gasteiger partial charge >= 0.3 is 0 Å². The van der Waals surface area contributed by atoms with Crippen molar-refractivity contribution >= 4 is 17.5 Å². The van der Waals surface area contributed by atoms with Crippen LogP contribution in [-0.2, 0) is 0 Å². The molecule has 0 aliphatic heterocycles. The number of halogens is 1. The highest BCUT2D eigenvalue weighted by Crippen LogP contribution is 2.53. The average molecular weight is 392 g/mol. The summed E-state index contributed by atoms with van der Waals surface area (Å²) in [5.41, 5.74) is 0.506. The Labute approximate surface area is 165 Å². The van der Waals surface area contributed by atoms with Crippen LogP contribution in [0.2, 0.25) is 5.15 Å². The van der Waals surface area contributed by atoms with Gasteiger partial charge in [0.2, 0.25) is 0 Å². The molecule has 6 heteroatoms. The van der Waals surface area contributed by atoms with Crippen molar-refractivity contribution in [3.63, 3.8) is 0 Å². The van der Waals surface area contributed by atoms with E-state index in [1.807, 2.05) is 0 Å². The second-order valence-electron chi connectivity index (χ2n) is 9.51. The Balaban J connectivity index is 1.29. The number of hydrogen-bond acceptors (Lipinski definition) is 3. The number of fused-ring (bicyclic) bond motifs is 2. The van der Waals surface area contributed by atoms with Crippen LogP contribution in [-0.4, -0.2) is 32.9 Å². The van der Waals surface area contributed by atoms with Gasteiger partial charge in [0.15, 0.2) is 0 Å². The van der Waals surface area contributed by atoms with Crippen molar-refractivity contribution in [3.05, 3.63) is 16.9 Å². The minimum atomic E-state index is -0.209. The third-order valence-corrected chi connectivity index (χ3v) is 8.24. The van der Waals surface area contributed by atoms with Crippen molar-refractivity contribution in [1.29, 1.82) is 0 Å². The first-order chi connectivity index (χ1) is 13.1. The van der Waals surface area contributed by atoms with E-state index >= 15 is 0 Å². The lowest BCUT2D eigenvalue weighted by Crippen LogP contribution is -2.41. The Bertz CT molecular complexity index is 712. The quantitative estimate of drug-likeness (QED) is 0.819. The van der Waals surface area contributed by atoms with Gasteiger partial charge in [-0.1, -0.05) is 11.6 Å². The Kier molecular flexibility index (Phi) is 4.71. The van der Waals surface area contributed by atoms with Crippen molar-refractivity contribution in [2.75, 3.05) is 0 Å². The van der Waals surface area contributed by atoms with Crippen LogP contribution in [0.3, 0.4) is 0 Å². The molecular formula is C21H30ClN3O2. The normalized spacial score (nSPS) is 40.7. The maximum atomic E-state index is 13.0. The summed E-state index contributed by atoms with van der Waals surface area (Å²) in [6.07, 6.45) is 12.5. The van der Waals surface area contributed by atoms with Gasteiger partial charge in [0, 0.05) is 6.04 Å². The molecule has 4 saturated carbocycles. The summed E-state index contributed by atoms with van der Waals surface area (Å²) >= 11 is 6.56. The van der Waals surface area contributed by atoms with Crippen molar-refractivity contribution in [2.24, 2.45) is 23.7 Å². The molecule has 3 bridgehead atoms. The Morgan fingerprint density at radius 2 is 1.85 bits per heavy atom. The van der Waals surface area contributed by atoms with E-state index in [2.05, 4.69) is 10.4 Å². The third-order valence-electron chi connectivity index (χ3n) is 7.86. The molecule has 4 aliphatic carbocycles. The van der Waals surface area contributed by atoms with E-state index in [1.165, 1.54) is 32.1 Å². The van der Waals surface area contributed by atoms with E-state index in [-0.39, 0.29) is 18.1 Å². The molecule has 2 N–H and O–H groups in total. The molecule has 4 unspecified atom stereocenters. The largest absolute Gasteiger partial charge is 0.393 e. The van der Waals surface area contributed by atoms with Crippen LogP contribution in [0.4, 0.5) is 0 Å². The van der Waals surface area contributed by atoms with Crippen molar-refractivity contribution in [3.8, 4) is 0 Å². The lowest BCUT2D eigenvalue weighted by molar-refractivity contribution is 0.0911. The second-order valence-corrected chi connectivity index (χ2v) is 9.87. The lowest BCUT2D eigenvalue weighted by atomic mass is 9.80. The van der Waals surface area contributed by atoms with Gasteiger partial charge in [-0.15, -0.1) is 0 Å². The van der Waals surface area contributed by atoms with Gasteiger partial charge in [-0.05, 0) is 87.9 Å². The molecule has 148 valence electrons. The third kappa shape index (κ3) is 3.31. The van der Waals surface area contributed by atoms with Crippen LogP contribution >= 0.6 is 11.6 Å². The van der Waals surface area contributed by atoms with Gasteiger partial charge < -0.3 is 10.4 Å². The smallest absolute Gasteiger partial charge is 0.256 e. The molecule has 4 fully saturated rings. The first-order valence-electron chi connectivity index (χ1n) is 10.8. The number of carbonyl (C=O) groups is 1. The number of nitrogens with zero attached hydrogens (tertiary/aromatic N) is 2. The average Bonchev–Trinajstić information content (AvgIpc) is 3.15. The van der Waals surface area contributed by atoms with Crippen LogP contribution in [0, 0.1) is 23.7 Å². The van der Waals surface area contributed by atoms with E-state index in [4.69, 9.17) is 11.6 Å². The first-order valence-corrected chi connectivity index (χ1v) is 11.2. The van der Waals surface area contributed by atoms with Gasteiger partial charge in [0.1, 0.15) is 5.15 Å². The number of aliphatic hydroxyl groups is 1. The summed E-state index contributed by atoms with van der Waals surface area (Å²) < 4.78 is 1.79. The molecule has 5 rings (SSSR count). The number of amides is 1. The topological polar surface area (TPSA) is 67.2 Å². The number of hydrogen-bond donors (Lipinski definition) is 2. The molecule has 1 amide bonds. The fourth-order valence-electron chi connectivity index (χ4n) is 6.58. The molecule has 0 radical (unpaired) electrons. The highest BCUT2D eigenvalue weighted by Gasteiger charge is 2.46. The zero-order valence-electron chi connectivity index (χ0n) is 15.8. The zero-order valence-corrected chi connectivity index (χ0v) is 16.6. The monoisotopic (exact) mass is 391 g/mol. The molecule has 5 nitrogen and oxygen atoms in total. The Hall–Kier alpha value is -1.07. The summed E-state index contributed by atoms with van der Waals surface area (Å²) in [5.74, 6) is 3.18. The molecule has 5 atom stereocenters. The molecule has 4 aliphatic rings. The summed E-state index contributed by atoms with van der Waals surface area (Å²) in [5, 5.41) is 17.9. The fourth-order valence-corrected chi connectivity index (χ4v) is 6.89. The minimum Gasteiger partial charge on any atom is -0.393 e. The second kappa shape index (κ2) is 7.07. The molecule has 1 aromatic heterocycles. The number of aliphatic hydroxyl groups excluding tert-OH is 1. The van der Waals surface area contributed by atoms with Crippen LogP contribution in [0.5, 0.6) is 0 Å². The Morgan fingerprint density at radius 3 is 2.67 bits per heavy atom. The molecule has 0 aromatic carbocycles. The van der Waals surface area contributed by atoms with E-state index < -0.39 is 0 Å². The fraction of sp³-hybridized carbons (Fsp3) is 0.810. The Morgan fingerprint density at radius 1 is 1.07 bits per heavy atom. The van der Waals surface area contributed by atoms with E-state index in [0.29, 0.717) is 22.7 Å². The van der Waals surface area contributed by atoms with Gasteiger partial charge in [-0.3, -0.25) is 9.48 Å². The van der Waals surface area contributed by atoms with Crippen LogP contribution in [0.15, 0.2) is 6.20 Å². The van der Waals surface area contributed by atoms with Crippen molar-refractivity contribution < 1.29 is 9.90 Å². The van der Waals surface area contributed by atoms with E-state index in [9.17, 15) is 9.90 Å². The number of rotatable bonds is 3. The van der Waals surface area contributed by atoms with E-state index in [1.54, 1.807) is 10.9 Å². The number of carbonyl (C=O) groups excluding carboxylic acids is 1. The highest BCUT2D eigenvalue weighted by molar-refractivity contribution is 6.32. The SMILES string of the molecule is O=C(N[C@H]1CCC2CC3CC(C2)C1C3)c1cnn(C2CCC(O)CC2)c1Cl. The maximum Gasteiger partial charge on any atom is 0.256 e. The van der Waals surface area contributed by atoms with Gasteiger partial charge in [0.25, 0.3) is 5.91 Å². The van der Waals surface area contributed by atoms with Crippen molar-refractivity contribution in [1.82, 2.24) is 15.1 Å². The minimum absolute atomic E-state index is 0.0617. The molecular weight excluding hydrogens is 362 g/mol. The summed E-state index contributed by atoms with van der Waals surface area (Å²) in [6, 6.07) is 0.480. The predicted octanol–water partition coefficient (Wildman–Crippen LogP) is 3.96. The van der Waals surface area contributed by atoms with Gasteiger partial charge in [0.05, 0.1) is 23.9 Å². The van der Waals surface area contributed by atoms with Crippen LogP contribution < -0.4 is 5.32 Å². The van der Waals surface area contributed by atoms with Crippen molar-refractivity contribution in [2.45, 2.75) is 82.4 Å². The molecule has 0 saturated heterocycles. The summed E-state index contributed by atoms with van der Waals surface area (Å²) in [4.78, 5) is 13.0. The molecule has 0 spiro atoms. The number of aromatic nitrogens is 2. The maximum absolute atomic E-state index is 13.0. The molecule has 1 aromatic rings. The van der Waals surface area contributed by atoms with Crippen LogP contribution in [0.25, 0.3) is 0 Å². The van der Waals surface area contributed by atoms with E-state index in [0.717, 1.165) is 49.9 Å². The highest BCUT2D eigenvalue weighted by atomic mass is 35.5. The van der Waals surface area contributed by atoms with Crippen LogP contribution in [0.1, 0.15) is 80.6 Å². The first kappa shape index (κ1) is 18.0. The zero-order chi connectivity index (χ0) is 18.5. The number of nitrogens with one attached hydrogen (secondary N) is 1. The predicted molar refractivity (Wildman–Crippen MR) is 104 cm³/mol. The standard InChI is InChI=1S/C21H30ClN3O2/c22-20-18(11-23-25(20)15-2-4-16(26)5-3-15)21(27)24-19-6-1-12-7-13-9-14(8-12)17(19)10-13/h11-17,19,26H,1-10H2,(H,24,27)/t12?,13?,14?,15?,16?,17?,19-/m0/s1.